The Morgan fingerprint density at radius 3 is 2.52 bits per heavy atom. The monoisotopic (exact) mass is 596 g/mol. The van der Waals surface area contributed by atoms with Gasteiger partial charge < -0.3 is 30.1 Å². The number of hydrogen-bond acceptors (Lipinski definition) is 8. The molecule has 0 saturated carbocycles. The zero-order valence-electron chi connectivity index (χ0n) is 24.5. The van der Waals surface area contributed by atoms with Crippen LogP contribution in [0, 0.1) is 5.41 Å². The van der Waals surface area contributed by atoms with Gasteiger partial charge in [-0.3, -0.25) is 19.3 Å². The van der Waals surface area contributed by atoms with Crippen molar-refractivity contribution >= 4 is 35.2 Å². The SMILES string of the molecule is CN/C(=C\SCCNC(=O)C1(CC(=O)O)Cc2ccccc2C1)c1ccc(OCCN2CCN(C)C(=O)C2)cc1OC. The van der Waals surface area contributed by atoms with Crippen LogP contribution >= 0.6 is 11.8 Å². The summed E-state index contributed by atoms with van der Waals surface area (Å²) in [5.74, 6) is 0.910. The van der Waals surface area contributed by atoms with E-state index in [1.807, 2.05) is 62.0 Å². The van der Waals surface area contributed by atoms with E-state index in [1.54, 1.807) is 12.0 Å². The van der Waals surface area contributed by atoms with Crippen LogP contribution in [0.15, 0.2) is 47.9 Å². The average Bonchev–Trinajstić information content (AvgIpc) is 3.35. The lowest BCUT2D eigenvalue weighted by Crippen LogP contribution is -2.49. The number of piperazine rings is 1. The van der Waals surface area contributed by atoms with Crippen molar-refractivity contribution in [2.75, 3.05) is 66.3 Å². The molecule has 1 aliphatic heterocycles. The molecule has 2 aromatic carbocycles. The first-order chi connectivity index (χ1) is 20.2. The van der Waals surface area contributed by atoms with E-state index in [4.69, 9.17) is 9.47 Å². The Hall–Kier alpha value is -3.70. The molecule has 2 aromatic rings. The van der Waals surface area contributed by atoms with Crippen molar-refractivity contribution < 1.29 is 29.0 Å². The largest absolute Gasteiger partial charge is 0.496 e. The second kappa shape index (κ2) is 14.5. The Labute approximate surface area is 251 Å². The Balaban J connectivity index is 1.28. The number of ether oxygens (including phenoxy) is 2. The third kappa shape index (κ3) is 7.77. The highest BCUT2D eigenvalue weighted by Crippen LogP contribution is 2.40. The number of carbonyl (C=O) groups excluding carboxylic acids is 2. The first kappa shape index (κ1) is 31.2. The number of fused-ring (bicyclic) bond motifs is 1. The Bertz CT molecular complexity index is 1290. The van der Waals surface area contributed by atoms with Gasteiger partial charge in [-0.2, -0.15) is 0 Å². The predicted molar refractivity (Wildman–Crippen MR) is 164 cm³/mol. The van der Waals surface area contributed by atoms with E-state index in [0.717, 1.165) is 35.5 Å². The molecule has 0 bridgehead atoms. The number of aliphatic carboxylic acids is 1. The molecule has 11 heteroatoms. The first-order valence-corrected chi connectivity index (χ1v) is 15.1. The maximum Gasteiger partial charge on any atom is 0.304 e. The lowest BCUT2D eigenvalue weighted by molar-refractivity contribution is -0.145. The van der Waals surface area contributed by atoms with Crippen molar-refractivity contribution in [3.05, 3.63) is 64.6 Å². The minimum absolute atomic E-state index is 0.126. The van der Waals surface area contributed by atoms with Crippen molar-refractivity contribution in [1.82, 2.24) is 20.4 Å². The van der Waals surface area contributed by atoms with Gasteiger partial charge >= 0.3 is 5.97 Å². The third-order valence-electron chi connectivity index (χ3n) is 7.80. The molecule has 4 rings (SSSR count). The Morgan fingerprint density at radius 1 is 1.14 bits per heavy atom. The van der Waals surface area contributed by atoms with E-state index < -0.39 is 11.4 Å². The molecule has 42 heavy (non-hydrogen) atoms. The summed E-state index contributed by atoms with van der Waals surface area (Å²) in [6, 6.07) is 13.5. The van der Waals surface area contributed by atoms with Crippen LogP contribution in [-0.2, 0) is 27.2 Å². The number of nitrogens with zero attached hydrogens (tertiary/aromatic N) is 2. The van der Waals surface area contributed by atoms with Gasteiger partial charge in [-0.05, 0) is 41.5 Å². The maximum absolute atomic E-state index is 13.2. The van der Waals surface area contributed by atoms with Crippen LogP contribution in [-0.4, -0.2) is 99.0 Å². The molecule has 1 fully saturated rings. The molecule has 0 unspecified atom stereocenters. The van der Waals surface area contributed by atoms with Crippen molar-refractivity contribution in [3.63, 3.8) is 0 Å². The van der Waals surface area contributed by atoms with Crippen LogP contribution in [0.3, 0.4) is 0 Å². The lowest BCUT2D eigenvalue weighted by atomic mass is 9.80. The van der Waals surface area contributed by atoms with Crippen LogP contribution in [0.25, 0.3) is 5.70 Å². The summed E-state index contributed by atoms with van der Waals surface area (Å²) >= 11 is 1.54. The minimum atomic E-state index is -0.967. The molecule has 3 N–H and O–H groups in total. The van der Waals surface area contributed by atoms with Crippen molar-refractivity contribution in [2.45, 2.75) is 19.3 Å². The molecule has 10 nitrogen and oxygen atoms in total. The fraction of sp³-hybridized carbons (Fsp3) is 0.452. The van der Waals surface area contributed by atoms with Gasteiger partial charge in [0.2, 0.25) is 11.8 Å². The second-order valence-electron chi connectivity index (χ2n) is 10.7. The average molecular weight is 597 g/mol. The van der Waals surface area contributed by atoms with Gasteiger partial charge in [-0.1, -0.05) is 24.3 Å². The summed E-state index contributed by atoms with van der Waals surface area (Å²) in [4.78, 5) is 40.6. The highest BCUT2D eigenvalue weighted by molar-refractivity contribution is 8.02. The van der Waals surface area contributed by atoms with Gasteiger partial charge in [0.1, 0.15) is 18.1 Å². The third-order valence-corrected chi connectivity index (χ3v) is 8.64. The number of amides is 2. The highest BCUT2D eigenvalue weighted by atomic mass is 32.2. The van der Waals surface area contributed by atoms with Gasteiger partial charge in [0.15, 0.2) is 0 Å². The molecule has 1 aliphatic carbocycles. The zero-order valence-corrected chi connectivity index (χ0v) is 25.3. The van der Waals surface area contributed by atoms with Crippen molar-refractivity contribution in [1.29, 1.82) is 0 Å². The number of likely N-dealkylation sites (N-methyl/N-ethyl adjacent to an activating group) is 1. The fourth-order valence-corrected chi connectivity index (χ4v) is 6.18. The predicted octanol–water partition coefficient (Wildman–Crippen LogP) is 2.48. The molecule has 0 radical (unpaired) electrons. The highest BCUT2D eigenvalue weighted by Gasteiger charge is 2.45. The molecule has 0 atom stereocenters. The molecule has 2 amide bonds. The molecule has 2 aliphatic rings. The van der Waals surface area contributed by atoms with Crippen molar-refractivity contribution in [3.8, 4) is 11.5 Å². The molecule has 0 aromatic heterocycles. The number of carboxylic acid groups (broad SMARTS) is 1. The van der Waals surface area contributed by atoms with E-state index in [2.05, 4.69) is 15.5 Å². The van der Waals surface area contributed by atoms with Crippen molar-refractivity contribution in [2.24, 2.45) is 5.41 Å². The zero-order chi connectivity index (χ0) is 30.1. The molecule has 226 valence electrons. The van der Waals surface area contributed by atoms with Crippen LogP contribution in [0.1, 0.15) is 23.1 Å². The van der Waals surface area contributed by atoms with E-state index in [0.29, 0.717) is 56.3 Å². The van der Waals surface area contributed by atoms with Gasteiger partial charge in [0, 0.05) is 57.7 Å². The smallest absolute Gasteiger partial charge is 0.304 e. The topological polar surface area (TPSA) is 120 Å². The number of carbonyl (C=O) groups is 3. The number of rotatable bonds is 14. The minimum Gasteiger partial charge on any atom is -0.496 e. The summed E-state index contributed by atoms with van der Waals surface area (Å²) in [7, 11) is 5.27. The summed E-state index contributed by atoms with van der Waals surface area (Å²) in [6.07, 6.45) is 0.681. The summed E-state index contributed by atoms with van der Waals surface area (Å²) < 4.78 is 11.6. The number of thioether (sulfide) groups is 1. The van der Waals surface area contributed by atoms with E-state index >= 15 is 0 Å². The second-order valence-corrected chi connectivity index (χ2v) is 11.7. The molecular weight excluding hydrogens is 556 g/mol. The van der Waals surface area contributed by atoms with Gasteiger partial charge in [-0.15, -0.1) is 11.8 Å². The van der Waals surface area contributed by atoms with Crippen LogP contribution in [0.4, 0.5) is 0 Å². The number of carboxylic acids is 1. The molecule has 1 saturated heterocycles. The summed E-state index contributed by atoms with van der Waals surface area (Å²) in [6.45, 7) is 3.53. The summed E-state index contributed by atoms with van der Waals surface area (Å²) in [5, 5.41) is 17.7. The maximum atomic E-state index is 13.2. The molecule has 1 heterocycles. The lowest BCUT2D eigenvalue weighted by Gasteiger charge is -2.31. The Morgan fingerprint density at radius 2 is 1.88 bits per heavy atom. The molecular formula is C31H40N4O6S. The van der Waals surface area contributed by atoms with Crippen LogP contribution < -0.4 is 20.1 Å². The number of hydrogen-bond donors (Lipinski definition) is 3. The first-order valence-electron chi connectivity index (χ1n) is 14.1. The fourth-order valence-electron chi connectivity index (χ4n) is 5.43. The standard InChI is InChI=1S/C31H40N4O6S/c1-32-26(25-9-8-24(16-27(25)40-3)41-14-13-35-12-11-34(2)28(36)20-35)21-42-15-10-33-30(39)31(19-29(37)38)17-22-6-4-5-7-23(22)18-31/h4-9,16,21,32H,10-15,17-20H2,1-3H3,(H,33,39)(H,37,38)/b26-21-. The van der Waals surface area contributed by atoms with E-state index in [9.17, 15) is 19.5 Å². The van der Waals surface area contributed by atoms with E-state index in [-0.39, 0.29) is 18.2 Å². The van der Waals surface area contributed by atoms with Gasteiger partial charge in [0.05, 0.1) is 31.2 Å². The quantitative estimate of drug-likeness (QED) is 0.283. The van der Waals surface area contributed by atoms with Crippen LogP contribution in [0.5, 0.6) is 11.5 Å². The summed E-state index contributed by atoms with van der Waals surface area (Å²) in [5.41, 5.74) is 2.87. The molecule has 0 spiro atoms. The van der Waals surface area contributed by atoms with Gasteiger partial charge in [-0.25, -0.2) is 0 Å². The Kier molecular flexibility index (Phi) is 10.8. The number of nitrogens with one attached hydrogen (secondary N) is 2. The van der Waals surface area contributed by atoms with E-state index in [1.165, 1.54) is 11.8 Å². The number of benzene rings is 2. The van der Waals surface area contributed by atoms with Crippen LogP contribution in [0.2, 0.25) is 0 Å². The normalized spacial score (nSPS) is 16.6. The number of methoxy groups -OCH3 is 1. The van der Waals surface area contributed by atoms with Gasteiger partial charge in [0.25, 0.3) is 0 Å².